The highest BCUT2D eigenvalue weighted by Crippen LogP contribution is 2.33. The van der Waals surface area contributed by atoms with Gasteiger partial charge in [0.05, 0.1) is 24.6 Å². The van der Waals surface area contributed by atoms with Crippen LogP contribution in [0.15, 0.2) is 30.6 Å². The van der Waals surface area contributed by atoms with Crippen molar-refractivity contribution in [3.8, 4) is 17.0 Å². The first-order chi connectivity index (χ1) is 8.90. The third-order valence-electron chi connectivity index (χ3n) is 2.42. The van der Waals surface area contributed by atoms with Crippen molar-refractivity contribution in [2.75, 3.05) is 12.8 Å². The molecule has 0 aromatic carbocycles. The molecule has 0 aliphatic rings. The van der Waals surface area contributed by atoms with E-state index in [1.165, 1.54) is 25.6 Å². The molecular weight excluding hydrogens is 259 g/mol. The number of pyridine rings is 2. The Morgan fingerprint density at radius 3 is 2.53 bits per heavy atom. The van der Waals surface area contributed by atoms with Crippen LogP contribution in [-0.2, 0) is 6.18 Å². The molecule has 0 bridgehead atoms. The van der Waals surface area contributed by atoms with E-state index in [1.807, 2.05) is 0 Å². The van der Waals surface area contributed by atoms with Crippen LogP contribution in [0.4, 0.5) is 19.0 Å². The second kappa shape index (κ2) is 4.75. The van der Waals surface area contributed by atoms with Crippen molar-refractivity contribution in [2.24, 2.45) is 0 Å². The van der Waals surface area contributed by atoms with Crippen molar-refractivity contribution in [3.05, 3.63) is 36.2 Å². The van der Waals surface area contributed by atoms with Crippen LogP contribution in [0.5, 0.6) is 5.75 Å². The Kier molecular flexibility index (Phi) is 3.28. The molecule has 100 valence electrons. The lowest BCUT2D eigenvalue weighted by Crippen LogP contribution is -2.07. The zero-order valence-electron chi connectivity index (χ0n) is 9.90. The predicted molar refractivity (Wildman–Crippen MR) is 63.4 cm³/mol. The van der Waals surface area contributed by atoms with Gasteiger partial charge in [-0.2, -0.15) is 13.2 Å². The van der Waals surface area contributed by atoms with Crippen molar-refractivity contribution in [1.29, 1.82) is 0 Å². The molecule has 0 aliphatic carbocycles. The largest absolute Gasteiger partial charge is 0.495 e. The average molecular weight is 269 g/mol. The monoisotopic (exact) mass is 269 g/mol. The van der Waals surface area contributed by atoms with Gasteiger partial charge in [-0.25, -0.2) is 4.98 Å². The number of aromatic nitrogens is 2. The van der Waals surface area contributed by atoms with Gasteiger partial charge in [0.1, 0.15) is 11.6 Å². The normalized spacial score (nSPS) is 11.4. The van der Waals surface area contributed by atoms with Crippen LogP contribution < -0.4 is 10.5 Å². The summed E-state index contributed by atoms with van der Waals surface area (Å²) >= 11 is 0. The maximum absolute atomic E-state index is 12.7. The highest BCUT2D eigenvalue weighted by molar-refractivity contribution is 5.62. The average Bonchev–Trinajstić information content (AvgIpc) is 2.37. The molecule has 0 spiro atoms. The van der Waals surface area contributed by atoms with E-state index in [2.05, 4.69) is 9.97 Å². The summed E-state index contributed by atoms with van der Waals surface area (Å²) in [7, 11) is 1.44. The van der Waals surface area contributed by atoms with Crippen molar-refractivity contribution < 1.29 is 17.9 Å². The van der Waals surface area contributed by atoms with Gasteiger partial charge in [0.15, 0.2) is 0 Å². The summed E-state index contributed by atoms with van der Waals surface area (Å²) in [6.07, 6.45) is -1.64. The molecular formula is C12H10F3N3O. The zero-order valence-corrected chi connectivity index (χ0v) is 9.90. The number of methoxy groups -OCH3 is 1. The number of ether oxygens (including phenoxy) is 1. The quantitative estimate of drug-likeness (QED) is 0.910. The Morgan fingerprint density at radius 2 is 1.89 bits per heavy atom. The van der Waals surface area contributed by atoms with Crippen LogP contribution in [-0.4, -0.2) is 17.1 Å². The van der Waals surface area contributed by atoms with E-state index in [1.54, 1.807) is 0 Å². The van der Waals surface area contributed by atoms with Gasteiger partial charge in [0.25, 0.3) is 0 Å². The molecule has 0 saturated heterocycles. The van der Waals surface area contributed by atoms with Crippen LogP contribution in [0.1, 0.15) is 5.56 Å². The van der Waals surface area contributed by atoms with Crippen molar-refractivity contribution in [1.82, 2.24) is 9.97 Å². The lowest BCUT2D eigenvalue weighted by atomic mass is 10.1. The number of nitrogen functional groups attached to an aromatic ring is 1. The Bertz CT molecular complexity index is 599. The fourth-order valence-electron chi connectivity index (χ4n) is 1.53. The Balaban J connectivity index is 2.53. The predicted octanol–water partition coefficient (Wildman–Crippen LogP) is 2.75. The second-order valence-electron chi connectivity index (χ2n) is 3.78. The third-order valence-corrected chi connectivity index (χ3v) is 2.42. The van der Waals surface area contributed by atoms with Gasteiger partial charge in [0.2, 0.25) is 0 Å². The van der Waals surface area contributed by atoms with Crippen LogP contribution in [0.25, 0.3) is 11.3 Å². The molecule has 2 rings (SSSR count). The second-order valence-corrected chi connectivity index (χ2v) is 3.78. The maximum atomic E-state index is 12.7. The number of hydrogen-bond donors (Lipinski definition) is 1. The summed E-state index contributed by atoms with van der Waals surface area (Å²) < 4.78 is 43.0. The summed E-state index contributed by atoms with van der Waals surface area (Å²) in [4.78, 5) is 7.74. The molecule has 0 unspecified atom stereocenters. The molecule has 7 heteroatoms. The first-order valence-corrected chi connectivity index (χ1v) is 5.24. The van der Waals surface area contributed by atoms with Gasteiger partial charge in [-0.1, -0.05) is 0 Å². The topological polar surface area (TPSA) is 61.0 Å². The summed E-state index contributed by atoms with van der Waals surface area (Å²) in [5.74, 6) is 0.225. The molecule has 0 atom stereocenters. The minimum absolute atomic E-state index is 0.0960. The fraction of sp³-hybridized carbons (Fsp3) is 0.167. The molecule has 0 saturated carbocycles. The minimum atomic E-state index is -4.47. The van der Waals surface area contributed by atoms with Crippen LogP contribution in [0.2, 0.25) is 0 Å². The van der Waals surface area contributed by atoms with E-state index in [4.69, 9.17) is 10.5 Å². The molecule has 0 radical (unpaired) electrons. The number of nitrogens with two attached hydrogens (primary N) is 1. The Morgan fingerprint density at radius 1 is 1.16 bits per heavy atom. The first-order valence-electron chi connectivity index (χ1n) is 5.24. The number of nitrogens with zero attached hydrogens (tertiary/aromatic N) is 2. The first kappa shape index (κ1) is 13.1. The molecule has 2 aromatic heterocycles. The van der Waals surface area contributed by atoms with E-state index in [0.29, 0.717) is 11.3 Å². The van der Waals surface area contributed by atoms with Crippen molar-refractivity contribution >= 4 is 5.82 Å². The highest BCUT2D eigenvalue weighted by Gasteiger charge is 2.31. The molecule has 2 aromatic rings. The summed E-state index contributed by atoms with van der Waals surface area (Å²) in [5.41, 5.74) is 5.05. The number of hydrogen-bond acceptors (Lipinski definition) is 4. The van der Waals surface area contributed by atoms with Crippen LogP contribution in [0.3, 0.4) is 0 Å². The molecule has 0 fully saturated rings. The Labute approximate surface area is 107 Å². The molecule has 0 amide bonds. The van der Waals surface area contributed by atoms with E-state index in [9.17, 15) is 13.2 Å². The van der Waals surface area contributed by atoms with Gasteiger partial charge in [0, 0.05) is 11.8 Å². The molecule has 2 heterocycles. The Hall–Kier alpha value is -2.31. The number of rotatable bonds is 2. The standard InChI is InChI=1S/C12H10F3N3O/c1-19-9-2-7(5-17-6-9)10-3-8(12(13,14)15)4-11(16)18-10/h2-6H,1H3,(H2,16,18). The number of halogens is 3. The van der Waals surface area contributed by atoms with Crippen LogP contribution >= 0.6 is 0 Å². The van der Waals surface area contributed by atoms with Crippen molar-refractivity contribution in [3.63, 3.8) is 0 Å². The number of anilines is 1. The summed E-state index contributed by atoms with van der Waals surface area (Å²) in [6, 6.07) is 3.25. The van der Waals surface area contributed by atoms with E-state index >= 15 is 0 Å². The fourth-order valence-corrected chi connectivity index (χ4v) is 1.53. The molecule has 19 heavy (non-hydrogen) atoms. The van der Waals surface area contributed by atoms with Gasteiger partial charge in [-0.05, 0) is 18.2 Å². The lowest BCUT2D eigenvalue weighted by Gasteiger charge is -2.10. The van der Waals surface area contributed by atoms with Gasteiger partial charge >= 0.3 is 6.18 Å². The zero-order chi connectivity index (χ0) is 14.0. The van der Waals surface area contributed by atoms with Crippen molar-refractivity contribution in [2.45, 2.75) is 6.18 Å². The summed E-state index contributed by atoms with van der Waals surface area (Å²) in [5, 5.41) is 0. The smallest absolute Gasteiger partial charge is 0.416 e. The van der Waals surface area contributed by atoms with Gasteiger partial charge < -0.3 is 10.5 Å². The van der Waals surface area contributed by atoms with Crippen LogP contribution in [0, 0.1) is 0 Å². The SMILES string of the molecule is COc1cncc(-c2cc(C(F)(F)F)cc(N)n2)c1. The maximum Gasteiger partial charge on any atom is 0.416 e. The molecule has 0 aliphatic heterocycles. The van der Waals surface area contributed by atoms with E-state index < -0.39 is 11.7 Å². The third kappa shape index (κ3) is 2.93. The highest BCUT2D eigenvalue weighted by atomic mass is 19.4. The van der Waals surface area contributed by atoms with Gasteiger partial charge in [-0.15, -0.1) is 0 Å². The summed E-state index contributed by atoms with van der Waals surface area (Å²) in [6.45, 7) is 0. The molecule has 2 N–H and O–H groups in total. The molecule has 4 nitrogen and oxygen atoms in total. The van der Waals surface area contributed by atoms with E-state index in [-0.39, 0.29) is 11.5 Å². The minimum Gasteiger partial charge on any atom is -0.495 e. The number of alkyl halides is 3. The lowest BCUT2D eigenvalue weighted by molar-refractivity contribution is -0.137. The van der Waals surface area contributed by atoms with Gasteiger partial charge in [-0.3, -0.25) is 4.98 Å². The van der Waals surface area contributed by atoms with E-state index in [0.717, 1.165) is 12.1 Å².